The van der Waals surface area contributed by atoms with Crippen LogP contribution in [0.15, 0.2) is 30.3 Å². The van der Waals surface area contributed by atoms with Crippen molar-refractivity contribution in [3.63, 3.8) is 0 Å². The molecular weight excluding hydrogens is 265 g/mol. The largest absolute Gasteiger partial charge is 0.515 e. The SMILES string of the molecule is COc1cc2ccccc2c(B2OC(C)(C)C(C)(C)O2)n1. The Kier molecular flexibility index (Phi) is 3.22. The van der Waals surface area contributed by atoms with Crippen molar-refractivity contribution in [3.05, 3.63) is 30.3 Å². The van der Waals surface area contributed by atoms with E-state index in [1.165, 1.54) is 0 Å². The highest BCUT2D eigenvalue weighted by molar-refractivity contribution is 6.64. The summed E-state index contributed by atoms with van der Waals surface area (Å²) in [7, 11) is 1.13. The first-order valence-corrected chi connectivity index (χ1v) is 7.13. The Morgan fingerprint density at radius 3 is 2.29 bits per heavy atom. The van der Waals surface area contributed by atoms with Gasteiger partial charge in [0.15, 0.2) is 0 Å². The van der Waals surface area contributed by atoms with Crippen molar-refractivity contribution in [2.75, 3.05) is 7.11 Å². The van der Waals surface area contributed by atoms with E-state index in [1.54, 1.807) is 7.11 Å². The summed E-state index contributed by atoms with van der Waals surface area (Å²) in [6, 6.07) is 9.97. The highest BCUT2D eigenvalue weighted by atomic mass is 16.7. The monoisotopic (exact) mass is 285 g/mol. The second kappa shape index (κ2) is 4.72. The predicted octanol–water partition coefficient (Wildman–Crippen LogP) is 2.54. The van der Waals surface area contributed by atoms with Gasteiger partial charge in [0.2, 0.25) is 5.88 Å². The van der Waals surface area contributed by atoms with Gasteiger partial charge in [-0.05, 0) is 33.1 Å². The maximum Gasteiger partial charge on any atom is 0.515 e. The lowest BCUT2D eigenvalue weighted by molar-refractivity contribution is 0.00578. The highest BCUT2D eigenvalue weighted by Gasteiger charge is 2.52. The summed E-state index contributed by atoms with van der Waals surface area (Å²) in [5.41, 5.74) is -0.00356. The van der Waals surface area contributed by atoms with Gasteiger partial charge >= 0.3 is 7.12 Å². The van der Waals surface area contributed by atoms with Crippen LogP contribution in [-0.4, -0.2) is 30.4 Å². The number of rotatable bonds is 2. The second-order valence-corrected chi connectivity index (χ2v) is 6.36. The zero-order valence-electron chi connectivity index (χ0n) is 13.1. The average Bonchev–Trinajstić information content (AvgIpc) is 2.66. The molecule has 1 fully saturated rings. The molecule has 2 aromatic rings. The topological polar surface area (TPSA) is 40.6 Å². The van der Waals surface area contributed by atoms with Crippen LogP contribution in [0.25, 0.3) is 10.8 Å². The Labute approximate surface area is 125 Å². The fourth-order valence-electron chi connectivity index (χ4n) is 2.44. The van der Waals surface area contributed by atoms with E-state index in [0.717, 1.165) is 16.4 Å². The lowest BCUT2D eigenvalue weighted by atomic mass is 9.81. The van der Waals surface area contributed by atoms with Crippen molar-refractivity contribution in [2.24, 2.45) is 0 Å². The van der Waals surface area contributed by atoms with Crippen molar-refractivity contribution in [3.8, 4) is 5.88 Å². The third kappa shape index (κ3) is 2.30. The molecule has 0 unspecified atom stereocenters. The number of hydrogen-bond donors (Lipinski definition) is 0. The predicted molar refractivity (Wildman–Crippen MR) is 84.0 cm³/mol. The molecule has 4 nitrogen and oxygen atoms in total. The van der Waals surface area contributed by atoms with Crippen LogP contribution in [0, 0.1) is 0 Å². The van der Waals surface area contributed by atoms with E-state index in [1.807, 2.05) is 58.0 Å². The van der Waals surface area contributed by atoms with Gasteiger partial charge in [-0.1, -0.05) is 24.3 Å². The van der Waals surface area contributed by atoms with Crippen LogP contribution in [0.2, 0.25) is 0 Å². The van der Waals surface area contributed by atoms with Crippen molar-refractivity contribution in [1.29, 1.82) is 0 Å². The molecule has 0 radical (unpaired) electrons. The summed E-state index contributed by atoms with van der Waals surface area (Å²) in [4.78, 5) is 4.56. The fraction of sp³-hybridized carbons (Fsp3) is 0.438. The van der Waals surface area contributed by atoms with Crippen molar-refractivity contribution in [1.82, 2.24) is 4.98 Å². The van der Waals surface area contributed by atoms with Gasteiger partial charge in [-0.2, -0.15) is 0 Å². The number of methoxy groups -OCH3 is 1. The van der Waals surface area contributed by atoms with Crippen LogP contribution in [0.4, 0.5) is 0 Å². The van der Waals surface area contributed by atoms with E-state index >= 15 is 0 Å². The Morgan fingerprint density at radius 2 is 1.67 bits per heavy atom. The quantitative estimate of drug-likeness (QED) is 0.795. The molecule has 0 bridgehead atoms. The Bertz CT molecular complexity index is 668. The van der Waals surface area contributed by atoms with E-state index in [9.17, 15) is 0 Å². The molecule has 0 N–H and O–H groups in total. The summed E-state index contributed by atoms with van der Waals surface area (Å²) in [6.07, 6.45) is 0. The molecular formula is C16H20BNO3. The third-order valence-electron chi connectivity index (χ3n) is 4.43. The summed E-state index contributed by atoms with van der Waals surface area (Å²) in [5, 5.41) is 2.09. The lowest BCUT2D eigenvalue weighted by Crippen LogP contribution is -2.41. The summed E-state index contributed by atoms with van der Waals surface area (Å²) >= 11 is 0. The molecule has 0 aliphatic carbocycles. The molecule has 1 aliphatic rings. The van der Waals surface area contributed by atoms with Crippen LogP contribution in [-0.2, 0) is 9.31 Å². The van der Waals surface area contributed by atoms with E-state index in [2.05, 4.69) is 4.98 Å². The molecule has 21 heavy (non-hydrogen) atoms. The molecule has 2 heterocycles. The number of hydrogen-bond acceptors (Lipinski definition) is 4. The molecule has 0 spiro atoms. The molecule has 5 heteroatoms. The molecule has 110 valence electrons. The average molecular weight is 285 g/mol. The van der Waals surface area contributed by atoms with E-state index < -0.39 is 7.12 Å². The Balaban J connectivity index is 2.13. The first-order valence-electron chi connectivity index (χ1n) is 7.13. The minimum atomic E-state index is -0.491. The number of nitrogens with zero attached hydrogens (tertiary/aromatic N) is 1. The van der Waals surface area contributed by atoms with Crippen molar-refractivity contribution >= 4 is 23.5 Å². The molecule has 1 aromatic heterocycles. The van der Waals surface area contributed by atoms with Crippen molar-refractivity contribution < 1.29 is 14.0 Å². The number of aromatic nitrogens is 1. The molecule has 1 aliphatic heterocycles. The second-order valence-electron chi connectivity index (χ2n) is 6.36. The van der Waals surface area contributed by atoms with Crippen LogP contribution in [0.1, 0.15) is 27.7 Å². The number of pyridine rings is 1. The van der Waals surface area contributed by atoms with Crippen LogP contribution < -0.4 is 10.3 Å². The minimum absolute atomic E-state index is 0.385. The summed E-state index contributed by atoms with van der Waals surface area (Å²) in [6.45, 7) is 8.15. The summed E-state index contributed by atoms with van der Waals surface area (Å²) < 4.78 is 17.5. The molecule has 0 atom stereocenters. The lowest BCUT2D eigenvalue weighted by Gasteiger charge is -2.32. The van der Waals surface area contributed by atoms with E-state index in [4.69, 9.17) is 14.0 Å². The maximum atomic E-state index is 6.12. The maximum absolute atomic E-state index is 6.12. The van der Waals surface area contributed by atoms with Gasteiger partial charge in [0.05, 0.1) is 23.9 Å². The Morgan fingerprint density at radius 1 is 1.05 bits per heavy atom. The first-order chi connectivity index (χ1) is 9.84. The first kappa shape index (κ1) is 14.4. The van der Waals surface area contributed by atoms with Gasteiger partial charge in [-0.15, -0.1) is 0 Å². The van der Waals surface area contributed by atoms with Crippen LogP contribution >= 0.6 is 0 Å². The van der Waals surface area contributed by atoms with Gasteiger partial charge in [0.25, 0.3) is 0 Å². The van der Waals surface area contributed by atoms with Gasteiger partial charge in [-0.25, -0.2) is 4.98 Å². The normalized spacial score (nSPS) is 20.0. The molecule has 0 amide bonds. The van der Waals surface area contributed by atoms with Gasteiger partial charge < -0.3 is 14.0 Å². The number of benzene rings is 1. The minimum Gasteiger partial charge on any atom is -0.481 e. The smallest absolute Gasteiger partial charge is 0.481 e. The van der Waals surface area contributed by atoms with Gasteiger partial charge in [-0.3, -0.25) is 0 Å². The highest BCUT2D eigenvalue weighted by Crippen LogP contribution is 2.37. The molecule has 1 saturated heterocycles. The third-order valence-corrected chi connectivity index (χ3v) is 4.43. The zero-order chi connectivity index (χ0) is 15.3. The Hall–Kier alpha value is -1.59. The zero-order valence-corrected chi connectivity index (χ0v) is 13.1. The van der Waals surface area contributed by atoms with E-state index in [-0.39, 0.29) is 11.2 Å². The number of ether oxygens (including phenoxy) is 1. The van der Waals surface area contributed by atoms with Gasteiger partial charge in [0, 0.05) is 11.5 Å². The molecule has 1 aromatic carbocycles. The van der Waals surface area contributed by atoms with Crippen LogP contribution in [0.5, 0.6) is 5.88 Å². The fourth-order valence-corrected chi connectivity index (χ4v) is 2.44. The van der Waals surface area contributed by atoms with Crippen molar-refractivity contribution in [2.45, 2.75) is 38.9 Å². The standard InChI is InChI=1S/C16H20BNO3/c1-15(2)16(3,4)21-17(20-15)14-12-9-7-6-8-11(12)10-13(18-14)19-5/h6-10H,1-5H3. The van der Waals surface area contributed by atoms with Crippen LogP contribution in [0.3, 0.4) is 0 Å². The van der Waals surface area contributed by atoms with Gasteiger partial charge in [0.1, 0.15) is 0 Å². The molecule has 0 saturated carbocycles. The summed E-state index contributed by atoms with van der Waals surface area (Å²) in [5.74, 6) is 0.568. The van der Waals surface area contributed by atoms with E-state index in [0.29, 0.717) is 5.88 Å². The number of fused-ring (bicyclic) bond motifs is 1. The molecule has 3 rings (SSSR count).